The van der Waals surface area contributed by atoms with Crippen molar-refractivity contribution in [1.82, 2.24) is 4.90 Å². The van der Waals surface area contributed by atoms with Crippen LogP contribution < -0.4 is 0 Å². The highest BCUT2D eigenvalue weighted by molar-refractivity contribution is 8.18. The van der Waals surface area contributed by atoms with Gasteiger partial charge < -0.3 is 9.64 Å². The first kappa shape index (κ1) is 13.7. The largest absolute Gasteiger partial charge is 0.378 e. The molecule has 0 spiro atoms. The van der Waals surface area contributed by atoms with Crippen LogP contribution in [0.15, 0.2) is 34.2 Å². The average molecular weight is 309 g/mol. The molecule has 6 heteroatoms. The molecule has 0 radical (unpaired) electrons. The predicted molar refractivity (Wildman–Crippen MR) is 81.9 cm³/mol. The maximum Gasteiger partial charge on any atom is 0.286 e. The van der Waals surface area contributed by atoms with Crippen LogP contribution in [0.1, 0.15) is 5.56 Å². The lowest BCUT2D eigenvalue weighted by molar-refractivity contribution is -0.113. The van der Waals surface area contributed by atoms with Crippen molar-refractivity contribution in [2.24, 2.45) is 4.99 Å². The predicted octanol–water partition coefficient (Wildman–Crippen LogP) is 2.64. The number of hydrogen-bond acceptors (Lipinski definition) is 4. The van der Waals surface area contributed by atoms with Crippen molar-refractivity contribution in [3.63, 3.8) is 0 Å². The van der Waals surface area contributed by atoms with Gasteiger partial charge in [0.25, 0.3) is 5.91 Å². The van der Waals surface area contributed by atoms with Crippen molar-refractivity contribution < 1.29 is 9.53 Å². The number of nitrogens with zero attached hydrogens (tertiary/aromatic N) is 2. The Kier molecular flexibility index (Phi) is 4.10. The van der Waals surface area contributed by atoms with Crippen LogP contribution in [0, 0.1) is 0 Å². The van der Waals surface area contributed by atoms with Gasteiger partial charge in [0.1, 0.15) is 0 Å². The number of thioether (sulfide) groups is 1. The highest BCUT2D eigenvalue weighted by atomic mass is 35.5. The van der Waals surface area contributed by atoms with E-state index in [1.54, 1.807) is 6.08 Å². The number of morpholine rings is 1. The van der Waals surface area contributed by atoms with Crippen LogP contribution in [-0.4, -0.2) is 42.3 Å². The molecule has 0 bridgehead atoms. The first-order chi connectivity index (χ1) is 9.74. The van der Waals surface area contributed by atoms with Gasteiger partial charge in [0.2, 0.25) is 0 Å². The minimum atomic E-state index is -0.198. The quantitative estimate of drug-likeness (QED) is 0.748. The molecule has 0 saturated carbocycles. The Labute approximate surface area is 126 Å². The van der Waals surface area contributed by atoms with Crippen LogP contribution in [0.25, 0.3) is 6.08 Å². The van der Waals surface area contributed by atoms with Crippen LogP contribution in [0.4, 0.5) is 0 Å². The van der Waals surface area contributed by atoms with Gasteiger partial charge in [-0.05, 0) is 29.5 Å². The highest BCUT2D eigenvalue weighted by Crippen LogP contribution is 2.31. The molecule has 1 aromatic carbocycles. The van der Waals surface area contributed by atoms with Crippen molar-refractivity contribution in [1.29, 1.82) is 0 Å². The zero-order valence-electron chi connectivity index (χ0n) is 10.7. The van der Waals surface area contributed by atoms with E-state index in [9.17, 15) is 4.79 Å². The van der Waals surface area contributed by atoms with E-state index >= 15 is 0 Å². The third-order valence-corrected chi connectivity index (χ3v) is 4.47. The second-order valence-electron chi connectivity index (χ2n) is 4.43. The van der Waals surface area contributed by atoms with Gasteiger partial charge in [0, 0.05) is 18.1 Å². The summed E-state index contributed by atoms with van der Waals surface area (Å²) in [6, 6.07) is 7.45. The fourth-order valence-electron chi connectivity index (χ4n) is 2.02. The lowest BCUT2D eigenvalue weighted by Gasteiger charge is -2.27. The molecule has 104 valence electrons. The summed E-state index contributed by atoms with van der Waals surface area (Å²) < 4.78 is 5.30. The van der Waals surface area contributed by atoms with Crippen molar-refractivity contribution in [3.8, 4) is 0 Å². The second-order valence-corrected chi connectivity index (χ2v) is 5.85. The smallest absolute Gasteiger partial charge is 0.286 e. The maximum absolute atomic E-state index is 12.0. The Morgan fingerprint density at radius 3 is 2.80 bits per heavy atom. The van der Waals surface area contributed by atoms with Crippen molar-refractivity contribution >= 4 is 40.5 Å². The molecule has 4 nitrogen and oxygen atoms in total. The Balaban J connectivity index is 1.78. The molecule has 0 unspecified atom stereocenters. The SMILES string of the molecule is O=C1N=C(N2CCOCC2)SC1=Cc1ccccc1Cl. The Hall–Kier alpha value is -1.30. The number of rotatable bonds is 1. The third-order valence-electron chi connectivity index (χ3n) is 3.08. The van der Waals surface area contributed by atoms with Gasteiger partial charge >= 0.3 is 0 Å². The number of amidine groups is 1. The van der Waals surface area contributed by atoms with Gasteiger partial charge in [0.15, 0.2) is 5.17 Å². The van der Waals surface area contributed by atoms with E-state index in [2.05, 4.69) is 9.89 Å². The molecule has 0 atom stereocenters. The van der Waals surface area contributed by atoms with Crippen LogP contribution in [0.3, 0.4) is 0 Å². The van der Waals surface area contributed by atoms with Crippen LogP contribution in [0.5, 0.6) is 0 Å². The normalized spacial score (nSPS) is 21.4. The number of aliphatic imine (C=N–C) groups is 1. The number of halogens is 1. The van der Waals surface area contributed by atoms with Crippen LogP contribution in [-0.2, 0) is 9.53 Å². The van der Waals surface area contributed by atoms with E-state index in [1.165, 1.54) is 11.8 Å². The molecule has 1 fully saturated rings. The summed E-state index contributed by atoms with van der Waals surface area (Å²) in [4.78, 5) is 18.8. The Morgan fingerprint density at radius 1 is 1.30 bits per heavy atom. The summed E-state index contributed by atoms with van der Waals surface area (Å²) in [6.45, 7) is 2.91. The fraction of sp³-hybridized carbons (Fsp3) is 0.286. The minimum absolute atomic E-state index is 0.198. The molecule has 0 aromatic heterocycles. The molecule has 1 saturated heterocycles. The lowest BCUT2D eigenvalue weighted by atomic mass is 10.2. The topological polar surface area (TPSA) is 41.9 Å². The van der Waals surface area contributed by atoms with Crippen molar-refractivity contribution in [2.75, 3.05) is 26.3 Å². The zero-order valence-corrected chi connectivity index (χ0v) is 12.3. The zero-order chi connectivity index (χ0) is 13.9. The van der Waals surface area contributed by atoms with Gasteiger partial charge in [-0.15, -0.1) is 0 Å². The van der Waals surface area contributed by atoms with Crippen LogP contribution >= 0.6 is 23.4 Å². The lowest BCUT2D eigenvalue weighted by Crippen LogP contribution is -2.38. The summed E-state index contributed by atoms with van der Waals surface area (Å²) in [5.74, 6) is -0.198. The summed E-state index contributed by atoms with van der Waals surface area (Å²) in [5.41, 5.74) is 0.837. The first-order valence-corrected chi connectivity index (χ1v) is 7.53. The number of hydrogen-bond donors (Lipinski definition) is 0. The molecule has 2 aliphatic rings. The number of carbonyl (C=O) groups excluding carboxylic acids is 1. The van der Waals surface area contributed by atoms with Crippen LogP contribution in [0.2, 0.25) is 5.02 Å². The fourth-order valence-corrected chi connectivity index (χ4v) is 3.17. The molecule has 20 heavy (non-hydrogen) atoms. The van der Waals surface area contributed by atoms with Crippen molar-refractivity contribution in [2.45, 2.75) is 0 Å². The Bertz CT molecular complexity index is 595. The number of benzene rings is 1. The number of carbonyl (C=O) groups is 1. The molecule has 3 rings (SSSR count). The minimum Gasteiger partial charge on any atom is -0.378 e. The molecule has 1 aromatic rings. The summed E-state index contributed by atoms with van der Waals surface area (Å²) in [6.07, 6.45) is 1.80. The van der Waals surface area contributed by atoms with Gasteiger partial charge in [-0.1, -0.05) is 29.8 Å². The van der Waals surface area contributed by atoms with E-state index in [0.717, 1.165) is 23.8 Å². The standard InChI is InChI=1S/C14H13ClN2O2S/c15-11-4-2-1-3-10(11)9-12-13(18)16-14(20-12)17-5-7-19-8-6-17/h1-4,9H,5-8H2. The first-order valence-electron chi connectivity index (χ1n) is 6.34. The molecule has 0 N–H and O–H groups in total. The van der Waals surface area contributed by atoms with Gasteiger partial charge in [-0.3, -0.25) is 4.79 Å². The highest BCUT2D eigenvalue weighted by Gasteiger charge is 2.27. The van der Waals surface area contributed by atoms with Gasteiger partial charge in [-0.25, -0.2) is 0 Å². The van der Waals surface area contributed by atoms with E-state index < -0.39 is 0 Å². The summed E-state index contributed by atoms with van der Waals surface area (Å²) in [5, 5.41) is 1.39. The molecule has 0 aliphatic carbocycles. The van der Waals surface area contributed by atoms with E-state index in [1.807, 2.05) is 24.3 Å². The molecule has 2 heterocycles. The molecular formula is C14H13ClN2O2S. The summed E-state index contributed by atoms with van der Waals surface area (Å²) in [7, 11) is 0. The average Bonchev–Trinajstić information content (AvgIpc) is 2.84. The van der Waals surface area contributed by atoms with Gasteiger partial charge in [-0.2, -0.15) is 4.99 Å². The van der Waals surface area contributed by atoms with E-state index in [4.69, 9.17) is 16.3 Å². The Morgan fingerprint density at radius 2 is 2.05 bits per heavy atom. The molecular weight excluding hydrogens is 296 g/mol. The number of amides is 1. The monoisotopic (exact) mass is 308 g/mol. The number of ether oxygens (including phenoxy) is 1. The second kappa shape index (κ2) is 5.99. The van der Waals surface area contributed by atoms with Gasteiger partial charge in [0.05, 0.1) is 18.1 Å². The summed E-state index contributed by atoms with van der Waals surface area (Å²) >= 11 is 7.51. The molecule has 1 amide bonds. The van der Waals surface area contributed by atoms with Crippen molar-refractivity contribution in [3.05, 3.63) is 39.8 Å². The molecule has 2 aliphatic heterocycles. The maximum atomic E-state index is 12.0. The van der Waals surface area contributed by atoms with E-state index in [0.29, 0.717) is 23.1 Å². The van der Waals surface area contributed by atoms with E-state index in [-0.39, 0.29) is 5.91 Å². The third kappa shape index (κ3) is 2.90.